The maximum Gasteiger partial charge on any atom is 0.418 e. The molecule has 0 amide bonds. The van der Waals surface area contributed by atoms with Gasteiger partial charge in [0, 0.05) is 42.6 Å². The third-order valence-corrected chi connectivity index (χ3v) is 8.53. The monoisotopic (exact) mass is 553 g/mol. The Morgan fingerprint density at radius 2 is 1.79 bits per heavy atom. The van der Waals surface area contributed by atoms with Gasteiger partial charge in [-0.2, -0.15) is 26.3 Å². The van der Waals surface area contributed by atoms with Crippen LogP contribution in [0.4, 0.5) is 26.3 Å². The number of halogens is 6. The molecule has 0 spiro atoms. The summed E-state index contributed by atoms with van der Waals surface area (Å²) in [7, 11) is 1.60. The summed E-state index contributed by atoms with van der Waals surface area (Å²) >= 11 is 0. The van der Waals surface area contributed by atoms with Crippen molar-refractivity contribution in [2.24, 2.45) is 5.41 Å². The summed E-state index contributed by atoms with van der Waals surface area (Å²) in [5.41, 5.74) is -0.407. The van der Waals surface area contributed by atoms with E-state index in [4.69, 9.17) is 4.74 Å². The Morgan fingerprint density at radius 1 is 1.08 bits per heavy atom. The Kier molecular flexibility index (Phi) is 5.60. The normalized spacial score (nSPS) is 28.6. The number of aromatic nitrogens is 4. The van der Waals surface area contributed by atoms with E-state index in [-0.39, 0.29) is 53.2 Å². The van der Waals surface area contributed by atoms with Gasteiger partial charge in [0.1, 0.15) is 5.82 Å². The highest BCUT2D eigenvalue weighted by Gasteiger charge is 2.79. The zero-order valence-corrected chi connectivity index (χ0v) is 21.1. The van der Waals surface area contributed by atoms with E-state index in [1.807, 2.05) is 0 Å². The minimum absolute atomic E-state index is 0.0526. The van der Waals surface area contributed by atoms with Gasteiger partial charge in [0.25, 0.3) is 5.56 Å². The first kappa shape index (κ1) is 26.0. The maximum absolute atomic E-state index is 13.7. The average molecular weight is 554 g/mol. The quantitative estimate of drug-likeness (QED) is 0.442. The summed E-state index contributed by atoms with van der Waals surface area (Å²) in [6.07, 6.45) is -7.49. The molecule has 3 saturated carbocycles. The number of hydrogen-bond donors (Lipinski definition) is 1. The van der Waals surface area contributed by atoms with E-state index in [0.717, 1.165) is 11.6 Å². The number of nitrogens with one attached hydrogen (secondary N) is 1. The number of pyridine rings is 2. The first-order valence-corrected chi connectivity index (χ1v) is 12.6. The van der Waals surface area contributed by atoms with Gasteiger partial charge in [-0.25, -0.2) is 19.6 Å². The molecule has 1 saturated heterocycles. The number of rotatable bonds is 4. The van der Waals surface area contributed by atoms with Crippen molar-refractivity contribution in [2.45, 2.75) is 68.8 Å². The van der Waals surface area contributed by atoms with E-state index in [1.54, 1.807) is 19.3 Å². The molecule has 4 fully saturated rings. The van der Waals surface area contributed by atoms with Crippen molar-refractivity contribution in [3.8, 4) is 0 Å². The molecule has 208 valence electrons. The molecule has 2 atom stereocenters. The summed E-state index contributed by atoms with van der Waals surface area (Å²) in [4.78, 5) is 25.3. The van der Waals surface area contributed by atoms with Crippen molar-refractivity contribution in [1.29, 1.82) is 0 Å². The first-order chi connectivity index (χ1) is 18.3. The van der Waals surface area contributed by atoms with Crippen LogP contribution >= 0.6 is 0 Å². The van der Waals surface area contributed by atoms with Gasteiger partial charge in [-0.15, -0.1) is 0 Å². The predicted octanol–water partition coefficient (Wildman–Crippen LogP) is 5.31. The van der Waals surface area contributed by atoms with E-state index in [9.17, 15) is 31.1 Å². The van der Waals surface area contributed by atoms with Crippen LogP contribution in [0.15, 0.2) is 29.2 Å². The fraction of sp³-hybridized carbons (Fsp3) is 0.538. The van der Waals surface area contributed by atoms with Gasteiger partial charge in [-0.3, -0.25) is 4.79 Å². The fourth-order valence-corrected chi connectivity index (χ4v) is 6.51. The van der Waals surface area contributed by atoms with Crippen LogP contribution in [-0.2, 0) is 16.3 Å². The van der Waals surface area contributed by atoms with Crippen LogP contribution in [0.1, 0.15) is 72.5 Å². The van der Waals surface area contributed by atoms with Crippen LogP contribution in [-0.4, -0.2) is 39.5 Å². The molecule has 2 bridgehead atoms. The highest BCUT2D eigenvalue weighted by Crippen LogP contribution is 2.78. The highest BCUT2D eigenvalue weighted by molar-refractivity contribution is 5.81. The number of fused-ring (bicyclic) bond motifs is 1. The molecule has 1 aliphatic heterocycles. The third-order valence-electron chi connectivity index (χ3n) is 8.53. The number of hydrogen-bond acceptors (Lipinski definition) is 6. The largest absolute Gasteiger partial charge is 0.418 e. The van der Waals surface area contributed by atoms with Crippen molar-refractivity contribution >= 4 is 11.0 Å². The molecule has 0 radical (unpaired) electrons. The lowest BCUT2D eigenvalue weighted by molar-refractivity contribution is -0.337. The molecule has 4 aliphatic rings. The second-order valence-corrected chi connectivity index (χ2v) is 11.0. The fourth-order valence-electron chi connectivity index (χ4n) is 6.51. The first-order valence-electron chi connectivity index (χ1n) is 12.6. The van der Waals surface area contributed by atoms with Crippen LogP contribution in [0.25, 0.3) is 11.0 Å². The van der Waals surface area contributed by atoms with Crippen molar-refractivity contribution in [3.05, 3.63) is 63.1 Å². The Balaban J connectivity index is 1.41. The zero-order chi connectivity index (χ0) is 28.0. The van der Waals surface area contributed by atoms with Crippen LogP contribution in [0, 0.1) is 12.3 Å². The molecular formula is C26H25F6N5O2. The zero-order valence-electron chi connectivity index (χ0n) is 21.1. The van der Waals surface area contributed by atoms with Gasteiger partial charge in [0.2, 0.25) is 0 Å². The molecule has 0 aromatic carbocycles. The van der Waals surface area contributed by atoms with Gasteiger partial charge in [-0.1, -0.05) is 0 Å². The van der Waals surface area contributed by atoms with Crippen LogP contribution in [0.3, 0.4) is 0 Å². The minimum atomic E-state index is -4.67. The summed E-state index contributed by atoms with van der Waals surface area (Å²) in [5.74, 6) is 0.0698. The third kappa shape index (κ3) is 3.99. The topological polar surface area (TPSA) is 81.9 Å². The Labute approximate surface area is 218 Å². The molecule has 3 aromatic rings. The lowest BCUT2D eigenvalue weighted by atomic mass is 9.33. The van der Waals surface area contributed by atoms with E-state index in [0.29, 0.717) is 25.3 Å². The molecule has 1 N–H and O–H groups in total. The average Bonchev–Trinajstić information content (AvgIpc) is 2.80. The molecule has 7 rings (SSSR count). The van der Waals surface area contributed by atoms with E-state index in [2.05, 4.69) is 20.4 Å². The molecule has 0 unspecified atom stereocenters. The predicted molar refractivity (Wildman–Crippen MR) is 128 cm³/mol. The summed E-state index contributed by atoms with van der Waals surface area (Å²) in [5, 5.41) is 0.0526. The Bertz CT molecular complexity index is 1510. The Morgan fingerprint density at radius 3 is 2.44 bits per heavy atom. The summed E-state index contributed by atoms with van der Waals surface area (Å²) in [6, 6.07) is 4.01. The highest BCUT2D eigenvalue weighted by atomic mass is 19.4. The van der Waals surface area contributed by atoms with Gasteiger partial charge < -0.3 is 10.2 Å². The van der Waals surface area contributed by atoms with Gasteiger partial charge in [0.05, 0.1) is 28.5 Å². The summed E-state index contributed by atoms with van der Waals surface area (Å²) < 4.78 is 89.2. The van der Waals surface area contributed by atoms with Crippen LogP contribution in [0.5, 0.6) is 0 Å². The molecule has 39 heavy (non-hydrogen) atoms. The number of ether oxygens (including phenoxy) is 1. The second kappa shape index (κ2) is 8.39. The van der Waals surface area contributed by atoms with Crippen LogP contribution in [0.2, 0.25) is 0 Å². The molecule has 7 nitrogen and oxygen atoms in total. The van der Waals surface area contributed by atoms with E-state index >= 15 is 0 Å². The number of nitrogens with zero attached hydrogens (tertiary/aromatic N) is 4. The molecule has 13 heteroatoms. The molecular weight excluding hydrogens is 528 g/mol. The van der Waals surface area contributed by atoms with Gasteiger partial charge in [-0.05, 0) is 56.7 Å². The van der Waals surface area contributed by atoms with E-state index in [1.165, 1.54) is 17.7 Å². The van der Waals surface area contributed by atoms with Crippen molar-refractivity contribution in [1.82, 2.24) is 19.6 Å². The van der Waals surface area contributed by atoms with Crippen molar-refractivity contribution in [2.75, 3.05) is 19.1 Å². The van der Waals surface area contributed by atoms with E-state index < -0.39 is 34.8 Å². The maximum atomic E-state index is 13.7. The SMILES string of the molecule is CNn1cc([C@H]2C[C@@H](c3nc(C45CC(C(F)(F)F)(C4)C5)c4cc(C(F)(F)F)c(C)nc4n3)CCO2)ccc1=O. The second-order valence-electron chi connectivity index (χ2n) is 11.0. The molecule has 3 aliphatic carbocycles. The molecule has 3 aromatic heterocycles. The smallest absolute Gasteiger partial charge is 0.373 e. The molecule has 4 heterocycles. The van der Waals surface area contributed by atoms with Crippen molar-refractivity contribution in [3.63, 3.8) is 0 Å². The lowest BCUT2D eigenvalue weighted by Crippen LogP contribution is -2.70. The summed E-state index contributed by atoms with van der Waals surface area (Å²) in [6.45, 7) is 1.58. The van der Waals surface area contributed by atoms with Crippen LogP contribution < -0.4 is 11.0 Å². The number of alkyl halides is 6. The standard InChI is InChI=1S/C26H25F6N5O2/c1-13-17(25(27,28)29)8-16-20(23-10-24(11-23,12-23)26(30,31)32)35-21(36-22(16)34-13)14-5-6-39-18(7-14)15-3-4-19(38)37(9-15)33-2/h3-4,8-9,14,18,33H,5-7,10-12H2,1-2H3/t14-,18+,23?,24?/m0/s1. The van der Waals surface area contributed by atoms with Gasteiger partial charge >= 0.3 is 12.4 Å². The minimum Gasteiger partial charge on any atom is -0.373 e. The Hall–Kier alpha value is -3.22. The van der Waals surface area contributed by atoms with Gasteiger partial charge in [0.15, 0.2) is 5.65 Å². The van der Waals surface area contributed by atoms with Crippen molar-refractivity contribution < 1.29 is 31.1 Å². The number of aryl methyl sites for hydroxylation is 1. The lowest BCUT2D eigenvalue weighted by Gasteiger charge is -2.70.